The molecule has 0 spiro atoms. The van der Waals surface area contributed by atoms with Crippen LogP contribution in [0, 0.1) is 44.8 Å². The number of carbonyl (C=O) groups is 1. The topological polar surface area (TPSA) is 46.3 Å². The van der Waals surface area contributed by atoms with E-state index in [0.717, 1.165) is 63.7 Å². The summed E-state index contributed by atoms with van der Waals surface area (Å²) in [5.41, 5.74) is 2.21. The maximum absolute atomic E-state index is 14.6. The van der Waals surface area contributed by atoms with Gasteiger partial charge in [0.1, 0.15) is 5.76 Å². The molecule has 40 heavy (non-hydrogen) atoms. The summed E-state index contributed by atoms with van der Waals surface area (Å²) < 4.78 is 33.6. The first-order valence-corrected chi connectivity index (χ1v) is 15.8. The summed E-state index contributed by atoms with van der Waals surface area (Å²) in [6.07, 6.45) is 12.3. The van der Waals surface area contributed by atoms with E-state index in [0.29, 0.717) is 11.7 Å². The van der Waals surface area contributed by atoms with Gasteiger partial charge in [0.15, 0.2) is 5.78 Å². The van der Waals surface area contributed by atoms with Gasteiger partial charge in [-0.25, -0.2) is 8.78 Å². The van der Waals surface area contributed by atoms with Crippen LogP contribution in [0.4, 0.5) is 8.78 Å². The van der Waals surface area contributed by atoms with Crippen LogP contribution in [-0.4, -0.2) is 41.4 Å². The summed E-state index contributed by atoms with van der Waals surface area (Å²) in [6, 6.07) is 0. The fourth-order valence-corrected chi connectivity index (χ4v) is 11.8. The number of likely N-dealkylation sites (tertiary alicyclic amines) is 1. The lowest BCUT2D eigenvalue weighted by molar-refractivity contribution is -0.192. The molecular formula is C34H48F2N2O2. The molecule has 0 amide bonds. The van der Waals surface area contributed by atoms with Crippen LogP contribution in [-0.2, 0) is 16.6 Å². The SMILES string of the molecule is CC1(C)CC[C@]2(CN3CC(F)(F)C3)CC[C@]3(C)[C@H](C(=O)C=C4[C@@]5(C)Cc6cnoc6C(C)(C)[C@@H]5CC[C@]43C)[C@@H]2C1. The van der Waals surface area contributed by atoms with Gasteiger partial charge in [0, 0.05) is 23.4 Å². The molecule has 1 aromatic heterocycles. The van der Waals surface area contributed by atoms with Crippen molar-refractivity contribution in [3.05, 3.63) is 29.2 Å². The first kappa shape index (κ1) is 27.3. The zero-order chi connectivity index (χ0) is 28.7. The van der Waals surface area contributed by atoms with E-state index in [1.54, 1.807) is 0 Å². The molecule has 0 unspecified atom stereocenters. The fourth-order valence-electron chi connectivity index (χ4n) is 11.8. The number of halogens is 2. The molecule has 1 aliphatic heterocycles. The van der Waals surface area contributed by atoms with Gasteiger partial charge in [-0.15, -0.1) is 0 Å². The van der Waals surface area contributed by atoms with E-state index in [-0.39, 0.29) is 57.4 Å². The molecule has 2 heterocycles. The Labute approximate surface area is 238 Å². The van der Waals surface area contributed by atoms with E-state index in [1.165, 1.54) is 11.1 Å². The number of aromatic nitrogens is 1. The van der Waals surface area contributed by atoms with Gasteiger partial charge in [0.05, 0.1) is 19.3 Å². The Morgan fingerprint density at radius 3 is 2.40 bits per heavy atom. The zero-order valence-electron chi connectivity index (χ0n) is 25.6. The van der Waals surface area contributed by atoms with E-state index >= 15 is 0 Å². The molecule has 0 bridgehead atoms. The van der Waals surface area contributed by atoms with Crippen LogP contribution in [0.3, 0.4) is 0 Å². The Hall–Kier alpha value is -1.56. The van der Waals surface area contributed by atoms with Gasteiger partial charge in [-0.1, -0.05) is 59.2 Å². The quantitative estimate of drug-likeness (QED) is 0.377. The average Bonchev–Trinajstić information content (AvgIpc) is 3.29. The molecule has 3 saturated carbocycles. The molecule has 7 rings (SSSR count). The number of rotatable bonds is 2. The van der Waals surface area contributed by atoms with Crippen LogP contribution >= 0.6 is 0 Å². The molecule has 5 aliphatic carbocycles. The Kier molecular flexibility index (Phi) is 5.37. The van der Waals surface area contributed by atoms with Crippen LogP contribution < -0.4 is 0 Å². The molecule has 6 aliphatic rings. The lowest BCUT2D eigenvalue weighted by Gasteiger charge is -2.70. The number of carbonyl (C=O) groups excluding carboxylic acids is 1. The van der Waals surface area contributed by atoms with Crippen molar-refractivity contribution < 1.29 is 18.1 Å². The van der Waals surface area contributed by atoms with Crippen molar-refractivity contribution in [3.63, 3.8) is 0 Å². The van der Waals surface area contributed by atoms with E-state index in [9.17, 15) is 13.6 Å². The summed E-state index contributed by atoms with van der Waals surface area (Å²) in [5.74, 6) is -0.637. The van der Waals surface area contributed by atoms with Gasteiger partial charge >= 0.3 is 0 Å². The minimum atomic E-state index is -2.55. The lowest BCUT2D eigenvalue weighted by atomic mass is 9.34. The van der Waals surface area contributed by atoms with Gasteiger partial charge < -0.3 is 4.52 Å². The van der Waals surface area contributed by atoms with Gasteiger partial charge in [-0.2, -0.15) is 0 Å². The monoisotopic (exact) mass is 554 g/mol. The van der Waals surface area contributed by atoms with Crippen molar-refractivity contribution >= 4 is 5.78 Å². The third-order valence-electron chi connectivity index (χ3n) is 14.0. The molecule has 0 aromatic carbocycles. The van der Waals surface area contributed by atoms with Gasteiger partial charge in [0.25, 0.3) is 5.92 Å². The molecule has 4 fully saturated rings. The van der Waals surface area contributed by atoms with Crippen LogP contribution in [0.25, 0.3) is 0 Å². The molecule has 220 valence electrons. The summed E-state index contributed by atoms with van der Waals surface area (Å²) in [6.45, 7) is 17.1. The maximum Gasteiger partial charge on any atom is 0.272 e. The molecule has 7 atom stereocenters. The van der Waals surface area contributed by atoms with Gasteiger partial charge in [0.2, 0.25) is 0 Å². The zero-order valence-corrected chi connectivity index (χ0v) is 25.6. The van der Waals surface area contributed by atoms with E-state index < -0.39 is 5.92 Å². The number of alkyl halides is 2. The van der Waals surface area contributed by atoms with Crippen LogP contribution in [0.2, 0.25) is 0 Å². The normalized spacial score (nSPS) is 46.6. The number of allylic oxidation sites excluding steroid dienone is 2. The van der Waals surface area contributed by atoms with Crippen molar-refractivity contribution in [2.75, 3.05) is 19.6 Å². The lowest BCUT2D eigenvalue weighted by Crippen LogP contribution is -2.67. The number of hydrogen-bond donors (Lipinski definition) is 0. The first-order chi connectivity index (χ1) is 18.5. The highest BCUT2D eigenvalue weighted by Gasteiger charge is 2.70. The standard InChI is InChI=1S/C34H48F2N2O2/c1-28(2)10-12-33(18-38-19-34(35,36)20-38)13-11-32(7)26(22(33)16-28)23(39)14-25-30(5)15-21-17-37-40-27(21)29(3,4)24(30)8-9-31(25,32)6/h14,17,22,24,26H,8-13,15-16,18-20H2,1-7H3/t22-,24-,26-,30-,31+,32+,33+/m0/s1. The third kappa shape index (κ3) is 3.38. The second kappa shape index (κ2) is 7.88. The highest BCUT2D eigenvalue weighted by Crippen LogP contribution is 2.74. The van der Waals surface area contributed by atoms with Gasteiger partial charge in [-0.3, -0.25) is 9.69 Å². The predicted octanol–water partition coefficient (Wildman–Crippen LogP) is 7.62. The van der Waals surface area contributed by atoms with Crippen molar-refractivity contribution in [1.29, 1.82) is 0 Å². The summed E-state index contributed by atoms with van der Waals surface area (Å²) in [7, 11) is 0. The third-order valence-corrected chi connectivity index (χ3v) is 14.0. The molecule has 0 N–H and O–H groups in total. The summed E-state index contributed by atoms with van der Waals surface area (Å²) in [5, 5.41) is 4.20. The Balaban J connectivity index is 1.32. The van der Waals surface area contributed by atoms with E-state index in [1.807, 2.05) is 11.1 Å². The van der Waals surface area contributed by atoms with E-state index in [4.69, 9.17) is 4.52 Å². The molecular weight excluding hydrogens is 506 g/mol. The van der Waals surface area contributed by atoms with Crippen LogP contribution in [0.1, 0.15) is 105 Å². The molecule has 6 heteroatoms. The number of fused-ring (bicyclic) bond motifs is 8. The fraction of sp³-hybridized carbons (Fsp3) is 0.824. The van der Waals surface area contributed by atoms with Crippen LogP contribution in [0.15, 0.2) is 22.4 Å². The minimum absolute atomic E-state index is 0.0423. The highest BCUT2D eigenvalue weighted by atomic mass is 19.3. The summed E-state index contributed by atoms with van der Waals surface area (Å²) >= 11 is 0. The van der Waals surface area contributed by atoms with Crippen molar-refractivity contribution in [2.24, 2.45) is 44.8 Å². The maximum atomic E-state index is 14.6. The Morgan fingerprint density at radius 2 is 1.70 bits per heavy atom. The molecule has 0 radical (unpaired) electrons. The number of hydrogen-bond acceptors (Lipinski definition) is 4. The average molecular weight is 555 g/mol. The van der Waals surface area contributed by atoms with Crippen molar-refractivity contribution in [1.82, 2.24) is 10.1 Å². The second-order valence-electron chi connectivity index (χ2n) is 17.1. The number of ketones is 1. The molecule has 1 saturated heterocycles. The van der Waals surface area contributed by atoms with Crippen molar-refractivity contribution in [2.45, 2.75) is 111 Å². The minimum Gasteiger partial charge on any atom is -0.361 e. The molecule has 1 aromatic rings. The number of nitrogens with zero attached hydrogens (tertiary/aromatic N) is 2. The first-order valence-electron chi connectivity index (χ1n) is 15.8. The largest absolute Gasteiger partial charge is 0.361 e. The summed E-state index contributed by atoms with van der Waals surface area (Å²) in [4.78, 5) is 16.6. The van der Waals surface area contributed by atoms with Crippen LogP contribution in [0.5, 0.6) is 0 Å². The second-order valence-corrected chi connectivity index (χ2v) is 17.1. The Morgan fingerprint density at radius 1 is 1.00 bits per heavy atom. The smallest absolute Gasteiger partial charge is 0.272 e. The predicted molar refractivity (Wildman–Crippen MR) is 151 cm³/mol. The highest BCUT2D eigenvalue weighted by molar-refractivity contribution is 5.95. The Bertz CT molecular complexity index is 1290. The molecule has 4 nitrogen and oxygen atoms in total. The van der Waals surface area contributed by atoms with Crippen molar-refractivity contribution in [3.8, 4) is 0 Å². The van der Waals surface area contributed by atoms with Gasteiger partial charge in [-0.05, 0) is 96.4 Å². The van der Waals surface area contributed by atoms with E-state index in [2.05, 4.69) is 59.7 Å².